The van der Waals surface area contributed by atoms with Crippen LogP contribution in [0.3, 0.4) is 0 Å². The maximum Gasteiger partial charge on any atom is 0.276 e. The molecule has 13 heteroatoms. The standard InChI is InChI=1S/C21H22FN5O6S/c1-13(2)12-23-34(31,32)19-10-16(27(29)30)8-9-18(19)33-20-11-17(25-26(20)3)21(28)24-15-6-4-14(22)5-7-15/h4-11,13,23H,12H2,1-3H3,(H,24,28). The molecule has 3 rings (SSSR count). The first kappa shape index (κ1) is 24.8. The minimum Gasteiger partial charge on any atom is -0.438 e. The Hall–Kier alpha value is -3.84. The zero-order chi connectivity index (χ0) is 25.0. The van der Waals surface area contributed by atoms with Gasteiger partial charge in [0.1, 0.15) is 16.5 Å². The van der Waals surface area contributed by atoms with E-state index >= 15 is 0 Å². The number of aromatic nitrogens is 2. The molecule has 0 saturated heterocycles. The minimum atomic E-state index is -4.15. The van der Waals surface area contributed by atoms with Crippen LogP contribution >= 0.6 is 0 Å². The lowest BCUT2D eigenvalue weighted by atomic mass is 10.2. The molecule has 0 unspecified atom stereocenters. The highest BCUT2D eigenvalue weighted by Gasteiger charge is 2.25. The number of halogens is 1. The Morgan fingerprint density at radius 3 is 2.50 bits per heavy atom. The van der Waals surface area contributed by atoms with Crippen molar-refractivity contribution in [3.8, 4) is 11.6 Å². The number of nitro groups is 1. The summed E-state index contributed by atoms with van der Waals surface area (Å²) in [6.45, 7) is 3.73. The summed E-state index contributed by atoms with van der Waals surface area (Å²) in [4.78, 5) is 22.5. The number of rotatable bonds is 9. The Kier molecular flexibility index (Phi) is 7.27. The maximum atomic E-state index is 13.1. The van der Waals surface area contributed by atoms with Crippen LogP contribution in [0.5, 0.6) is 11.6 Å². The second kappa shape index (κ2) is 9.97. The summed E-state index contributed by atoms with van der Waals surface area (Å²) in [5.74, 6) is -1.23. The minimum absolute atomic E-state index is 0.00269. The van der Waals surface area contributed by atoms with Crippen molar-refractivity contribution in [3.05, 3.63) is 70.2 Å². The van der Waals surface area contributed by atoms with Gasteiger partial charge in [0, 0.05) is 37.5 Å². The van der Waals surface area contributed by atoms with E-state index in [1.54, 1.807) is 0 Å². The summed E-state index contributed by atoms with van der Waals surface area (Å²) in [7, 11) is -2.67. The number of non-ortho nitro benzene ring substituents is 1. The molecule has 0 aliphatic rings. The third kappa shape index (κ3) is 5.94. The molecule has 3 aromatic rings. The largest absolute Gasteiger partial charge is 0.438 e. The summed E-state index contributed by atoms with van der Waals surface area (Å²) in [6, 6.07) is 9.58. The zero-order valence-corrected chi connectivity index (χ0v) is 19.3. The maximum absolute atomic E-state index is 13.1. The Morgan fingerprint density at radius 2 is 1.88 bits per heavy atom. The van der Waals surface area contributed by atoms with E-state index in [-0.39, 0.29) is 29.8 Å². The van der Waals surface area contributed by atoms with Crippen LogP contribution in [0, 0.1) is 21.8 Å². The molecular formula is C21H22FN5O6S. The first-order chi connectivity index (χ1) is 16.0. The molecule has 0 aliphatic carbocycles. The van der Waals surface area contributed by atoms with E-state index in [1.807, 2.05) is 13.8 Å². The molecule has 2 aromatic carbocycles. The monoisotopic (exact) mass is 491 g/mol. The molecule has 0 spiro atoms. The summed E-state index contributed by atoms with van der Waals surface area (Å²) in [5, 5.41) is 17.8. The molecule has 0 radical (unpaired) electrons. The molecule has 34 heavy (non-hydrogen) atoms. The second-order valence-electron chi connectivity index (χ2n) is 7.69. The lowest BCUT2D eigenvalue weighted by molar-refractivity contribution is -0.385. The Morgan fingerprint density at radius 1 is 1.21 bits per heavy atom. The van der Waals surface area contributed by atoms with Crippen LogP contribution in [0.1, 0.15) is 24.3 Å². The number of benzene rings is 2. The van der Waals surface area contributed by atoms with Crippen LogP contribution in [0.4, 0.5) is 15.8 Å². The normalized spacial score (nSPS) is 11.4. The van der Waals surface area contributed by atoms with Gasteiger partial charge >= 0.3 is 0 Å². The van der Waals surface area contributed by atoms with Gasteiger partial charge in [0.2, 0.25) is 15.9 Å². The van der Waals surface area contributed by atoms with Crippen molar-refractivity contribution < 1.29 is 27.3 Å². The van der Waals surface area contributed by atoms with E-state index < -0.39 is 37.3 Å². The highest BCUT2D eigenvalue weighted by atomic mass is 32.2. The quantitative estimate of drug-likeness (QED) is 0.344. The average Bonchev–Trinajstić information content (AvgIpc) is 3.14. The van der Waals surface area contributed by atoms with Crippen molar-refractivity contribution in [1.82, 2.24) is 14.5 Å². The van der Waals surface area contributed by atoms with Gasteiger partial charge in [-0.05, 0) is 36.2 Å². The van der Waals surface area contributed by atoms with Crippen molar-refractivity contribution >= 4 is 27.3 Å². The number of sulfonamides is 1. The van der Waals surface area contributed by atoms with E-state index in [9.17, 15) is 27.7 Å². The van der Waals surface area contributed by atoms with Crippen LogP contribution in [-0.4, -0.2) is 35.6 Å². The molecule has 0 saturated carbocycles. The molecule has 1 aromatic heterocycles. The van der Waals surface area contributed by atoms with Gasteiger partial charge in [0.25, 0.3) is 11.6 Å². The van der Waals surface area contributed by atoms with Gasteiger partial charge in [-0.25, -0.2) is 22.2 Å². The smallest absolute Gasteiger partial charge is 0.276 e. The number of nitrogens with zero attached hydrogens (tertiary/aromatic N) is 3. The number of anilines is 1. The fraction of sp³-hybridized carbons (Fsp3) is 0.238. The third-order valence-corrected chi connectivity index (χ3v) is 5.94. The molecule has 0 fully saturated rings. The summed E-state index contributed by atoms with van der Waals surface area (Å²) in [5.41, 5.74) is -0.132. The van der Waals surface area contributed by atoms with Gasteiger partial charge in [-0.1, -0.05) is 13.8 Å². The number of hydrogen-bond acceptors (Lipinski definition) is 7. The van der Waals surface area contributed by atoms with Crippen molar-refractivity contribution in [2.24, 2.45) is 13.0 Å². The summed E-state index contributed by atoms with van der Waals surface area (Å²) in [6.07, 6.45) is 0. The first-order valence-electron chi connectivity index (χ1n) is 10.0. The highest BCUT2D eigenvalue weighted by molar-refractivity contribution is 7.89. The van der Waals surface area contributed by atoms with Gasteiger partial charge in [-0.15, -0.1) is 0 Å². The Labute approximate surface area is 194 Å². The fourth-order valence-electron chi connectivity index (χ4n) is 2.76. The van der Waals surface area contributed by atoms with Crippen molar-refractivity contribution in [2.75, 3.05) is 11.9 Å². The molecule has 1 heterocycles. The van der Waals surface area contributed by atoms with Gasteiger partial charge in [0.05, 0.1) is 4.92 Å². The van der Waals surface area contributed by atoms with Crippen molar-refractivity contribution in [2.45, 2.75) is 18.7 Å². The van der Waals surface area contributed by atoms with Crippen LogP contribution in [0.25, 0.3) is 0 Å². The highest BCUT2D eigenvalue weighted by Crippen LogP contribution is 2.32. The number of amides is 1. The molecule has 180 valence electrons. The third-order valence-electron chi connectivity index (χ3n) is 4.50. The van der Waals surface area contributed by atoms with Crippen LogP contribution < -0.4 is 14.8 Å². The predicted molar refractivity (Wildman–Crippen MR) is 121 cm³/mol. The van der Waals surface area contributed by atoms with E-state index in [1.165, 1.54) is 42.1 Å². The number of carbonyl (C=O) groups excluding carboxylic acids is 1. The SMILES string of the molecule is CC(C)CNS(=O)(=O)c1cc([N+](=O)[O-])ccc1Oc1cc(C(=O)Nc2ccc(F)cc2)nn1C. The number of ether oxygens (including phenoxy) is 1. The van der Waals surface area contributed by atoms with Crippen LogP contribution in [-0.2, 0) is 17.1 Å². The molecule has 2 N–H and O–H groups in total. The summed E-state index contributed by atoms with van der Waals surface area (Å²) < 4.78 is 48.0. The predicted octanol–water partition coefficient (Wildman–Crippen LogP) is 3.45. The van der Waals surface area contributed by atoms with E-state index in [2.05, 4.69) is 15.1 Å². The number of carbonyl (C=O) groups is 1. The topological polar surface area (TPSA) is 145 Å². The average molecular weight is 492 g/mol. The van der Waals surface area contributed by atoms with Crippen LogP contribution in [0.15, 0.2) is 53.4 Å². The molecule has 0 bridgehead atoms. The van der Waals surface area contributed by atoms with Crippen LogP contribution in [0.2, 0.25) is 0 Å². The van der Waals surface area contributed by atoms with Gasteiger partial charge in [-0.2, -0.15) is 5.10 Å². The lowest BCUT2D eigenvalue weighted by Gasteiger charge is -2.13. The number of aryl methyl sites for hydroxylation is 1. The van der Waals surface area contributed by atoms with Gasteiger partial charge < -0.3 is 10.1 Å². The Balaban J connectivity index is 1.90. The summed E-state index contributed by atoms with van der Waals surface area (Å²) >= 11 is 0. The molecule has 11 nitrogen and oxygen atoms in total. The van der Waals surface area contributed by atoms with E-state index in [0.717, 1.165) is 18.2 Å². The van der Waals surface area contributed by atoms with E-state index in [4.69, 9.17) is 4.74 Å². The molecule has 1 amide bonds. The fourth-order valence-corrected chi connectivity index (χ4v) is 4.12. The second-order valence-corrected chi connectivity index (χ2v) is 9.42. The first-order valence-corrected chi connectivity index (χ1v) is 11.5. The van der Waals surface area contributed by atoms with Gasteiger partial charge in [-0.3, -0.25) is 14.9 Å². The molecule has 0 atom stereocenters. The zero-order valence-electron chi connectivity index (χ0n) is 18.5. The number of hydrogen-bond donors (Lipinski definition) is 2. The van der Waals surface area contributed by atoms with Crippen molar-refractivity contribution in [3.63, 3.8) is 0 Å². The number of nitrogens with one attached hydrogen (secondary N) is 2. The lowest BCUT2D eigenvalue weighted by Crippen LogP contribution is -2.28. The van der Waals surface area contributed by atoms with Crippen molar-refractivity contribution in [1.29, 1.82) is 0 Å². The molecule has 0 aliphatic heterocycles. The number of nitro benzene ring substituents is 1. The van der Waals surface area contributed by atoms with Gasteiger partial charge in [0.15, 0.2) is 5.69 Å². The Bertz CT molecular complexity index is 1320. The van der Waals surface area contributed by atoms with E-state index in [0.29, 0.717) is 5.69 Å². The molecular weight excluding hydrogens is 469 g/mol.